The van der Waals surface area contributed by atoms with Crippen molar-refractivity contribution in [1.29, 1.82) is 0 Å². The Bertz CT molecular complexity index is 1800. The number of carbonyl (C=O) groups is 4. The van der Waals surface area contributed by atoms with E-state index >= 15 is 0 Å². The molecule has 0 aromatic heterocycles. The van der Waals surface area contributed by atoms with Crippen LogP contribution in [-0.2, 0) is 65.4 Å². The highest BCUT2D eigenvalue weighted by Gasteiger charge is 2.30. The average molecular weight is 1340 g/mol. The molecule has 3 N–H and O–H groups in total. The largest absolute Gasteiger partial charge is 0.472 e. The Labute approximate surface area is 556 Å². The number of hydrogen-bond donors (Lipinski definition) is 3. The fourth-order valence-electron chi connectivity index (χ4n) is 10.8. The van der Waals surface area contributed by atoms with Crippen molar-refractivity contribution in [2.75, 3.05) is 39.6 Å². The molecule has 0 aromatic carbocycles. The molecule has 0 saturated heterocycles. The highest BCUT2D eigenvalue weighted by molar-refractivity contribution is 7.47. The van der Waals surface area contributed by atoms with Crippen molar-refractivity contribution in [2.24, 2.45) is 23.7 Å². The van der Waals surface area contributed by atoms with Gasteiger partial charge in [-0.3, -0.25) is 37.3 Å². The molecule has 0 aliphatic heterocycles. The molecule has 0 saturated carbocycles. The van der Waals surface area contributed by atoms with Gasteiger partial charge >= 0.3 is 39.5 Å². The van der Waals surface area contributed by atoms with Gasteiger partial charge in [0, 0.05) is 25.7 Å². The molecule has 540 valence electrons. The van der Waals surface area contributed by atoms with Crippen LogP contribution in [0.1, 0.15) is 357 Å². The van der Waals surface area contributed by atoms with Crippen molar-refractivity contribution in [3.05, 3.63) is 0 Å². The molecule has 3 unspecified atom stereocenters. The molecule has 0 fully saturated rings. The number of hydrogen-bond acceptors (Lipinski definition) is 15. The van der Waals surface area contributed by atoms with Gasteiger partial charge < -0.3 is 33.8 Å². The summed E-state index contributed by atoms with van der Waals surface area (Å²) in [7, 11) is -9.90. The van der Waals surface area contributed by atoms with Crippen LogP contribution in [0.4, 0.5) is 0 Å². The fourth-order valence-corrected chi connectivity index (χ4v) is 12.4. The minimum Gasteiger partial charge on any atom is -0.462 e. The van der Waals surface area contributed by atoms with Gasteiger partial charge in [0.1, 0.15) is 19.3 Å². The van der Waals surface area contributed by atoms with Crippen molar-refractivity contribution < 1.29 is 80.2 Å². The van der Waals surface area contributed by atoms with Gasteiger partial charge in [-0.15, -0.1) is 0 Å². The van der Waals surface area contributed by atoms with Gasteiger partial charge in [-0.2, -0.15) is 0 Å². The van der Waals surface area contributed by atoms with E-state index in [1.54, 1.807) is 0 Å². The van der Waals surface area contributed by atoms with Crippen LogP contribution in [0, 0.1) is 23.7 Å². The first-order chi connectivity index (χ1) is 43.6. The molecule has 0 spiro atoms. The predicted molar refractivity (Wildman–Crippen MR) is 367 cm³/mol. The molecule has 0 amide bonds. The van der Waals surface area contributed by atoms with Gasteiger partial charge in [-0.25, -0.2) is 9.13 Å². The smallest absolute Gasteiger partial charge is 0.462 e. The molecule has 0 aliphatic carbocycles. The number of carbonyl (C=O) groups excluding carboxylic acids is 4. The summed E-state index contributed by atoms with van der Waals surface area (Å²) in [5, 5.41) is 10.6. The van der Waals surface area contributed by atoms with Gasteiger partial charge in [0.25, 0.3) is 0 Å². The summed E-state index contributed by atoms with van der Waals surface area (Å²) in [5.41, 5.74) is 0. The Balaban J connectivity index is 5.19. The van der Waals surface area contributed by atoms with E-state index in [1.807, 2.05) is 0 Å². The van der Waals surface area contributed by atoms with Crippen LogP contribution in [0.3, 0.4) is 0 Å². The standard InChI is InChI=1S/C72H140O17P2/c1-62(2)48-40-32-24-19-15-12-10-9-11-13-17-22-28-38-46-54-71(76)88-68(59-83-70(75)53-45-37-31-30-35-43-51-65(7)8)61-87-91(80,81)85-57-66(73)56-84-90(78,79)86-60-67(89-72(77)55-47-39-29-23-26-34-42-50-64(5)6)58-82-69(74)52-44-36-27-21-18-14-16-20-25-33-41-49-63(3)4/h62-68,73H,9-61H2,1-8H3,(H,78,79)(H,80,81)/t66?,67-,68-/m1/s1. The predicted octanol–water partition coefficient (Wildman–Crippen LogP) is 20.5. The summed E-state index contributed by atoms with van der Waals surface area (Å²) >= 11 is 0. The lowest BCUT2D eigenvalue weighted by Crippen LogP contribution is -2.30. The van der Waals surface area contributed by atoms with Crippen LogP contribution in [0.5, 0.6) is 0 Å². The number of phosphoric acid groups is 2. The minimum atomic E-state index is -4.95. The van der Waals surface area contributed by atoms with E-state index in [4.69, 9.17) is 37.0 Å². The average Bonchev–Trinajstić information content (AvgIpc) is 3.35. The zero-order valence-electron chi connectivity index (χ0n) is 59.5. The number of rotatable bonds is 69. The number of aliphatic hydroxyl groups is 1. The molecule has 0 heterocycles. The van der Waals surface area contributed by atoms with E-state index in [0.717, 1.165) is 108 Å². The number of phosphoric ester groups is 2. The zero-order chi connectivity index (χ0) is 67.5. The van der Waals surface area contributed by atoms with Crippen LogP contribution in [0.15, 0.2) is 0 Å². The molecule has 5 atom stereocenters. The van der Waals surface area contributed by atoms with Crippen LogP contribution >= 0.6 is 15.6 Å². The van der Waals surface area contributed by atoms with Gasteiger partial charge in [0.15, 0.2) is 12.2 Å². The van der Waals surface area contributed by atoms with Crippen molar-refractivity contribution in [2.45, 2.75) is 375 Å². The topological polar surface area (TPSA) is 237 Å². The lowest BCUT2D eigenvalue weighted by Gasteiger charge is -2.21. The van der Waals surface area contributed by atoms with E-state index in [1.165, 1.54) is 154 Å². The second-order valence-corrected chi connectivity index (χ2v) is 30.8. The van der Waals surface area contributed by atoms with Crippen LogP contribution in [0.2, 0.25) is 0 Å². The van der Waals surface area contributed by atoms with Crippen LogP contribution < -0.4 is 0 Å². The van der Waals surface area contributed by atoms with E-state index in [2.05, 4.69) is 55.4 Å². The normalized spacial score (nSPS) is 14.2. The molecule has 17 nitrogen and oxygen atoms in total. The number of unbranched alkanes of at least 4 members (excludes halogenated alkanes) is 35. The van der Waals surface area contributed by atoms with Crippen molar-refractivity contribution in [1.82, 2.24) is 0 Å². The summed E-state index contributed by atoms with van der Waals surface area (Å²) in [6.45, 7) is 14.1. The van der Waals surface area contributed by atoms with Gasteiger partial charge in [0.05, 0.1) is 26.4 Å². The van der Waals surface area contributed by atoms with Gasteiger partial charge in [-0.1, -0.05) is 306 Å². The number of ether oxygens (including phenoxy) is 4. The van der Waals surface area contributed by atoms with Gasteiger partial charge in [-0.05, 0) is 49.4 Å². The Kier molecular flexibility index (Phi) is 60.3. The van der Waals surface area contributed by atoms with E-state index in [9.17, 15) is 43.2 Å². The molecular weight excluding hydrogens is 1200 g/mol. The maximum atomic E-state index is 13.0. The molecule has 0 aliphatic rings. The second-order valence-electron chi connectivity index (χ2n) is 27.9. The SMILES string of the molecule is CC(C)CCCCCCCCCCCCCCCCCC(=O)O[C@H](COC(=O)CCCCCCCCC(C)C)COP(=O)(O)OCC(O)COP(=O)(O)OC[C@@H](COC(=O)CCCCCCCCCCCCCC(C)C)OC(=O)CCCCCCCCCC(C)C. The lowest BCUT2D eigenvalue weighted by molar-refractivity contribution is -0.161. The van der Waals surface area contributed by atoms with E-state index in [0.29, 0.717) is 37.5 Å². The lowest BCUT2D eigenvalue weighted by atomic mass is 10.0. The summed E-state index contributed by atoms with van der Waals surface area (Å²) in [4.78, 5) is 72.5. The molecule has 0 bridgehead atoms. The highest BCUT2D eigenvalue weighted by Crippen LogP contribution is 2.45. The maximum Gasteiger partial charge on any atom is 0.472 e. The van der Waals surface area contributed by atoms with Crippen molar-refractivity contribution in [3.8, 4) is 0 Å². The third kappa shape index (κ3) is 66.5. The number of esters is 4. The molecule has 0 aromatic rings. The van der Waals surface area contributed by atoms with Crippen LogP contribution in [0.25, 0.3) is 0 Å². The monoisotopic (exact) mass is 1340 g/mol. The van der Waals surface area contributed by atoms with Crippen molar-refractivity contribution in [3.63, 3.8) is 0 Å². The summed E-state index contributed by atoms with van der Waals surface area (Å²) in [5.74, 6) is 0.818. The third-order valence-corrected chi connectivity index (χ3v) is 18.5. The number of aliphatic hydroxyl groups excluding tert-OH is 1. The molecule has 0 radical (unpaired) electrons. The maximum absolute atomic E-state index is 13.0. The Morgan fingerprint density at radius 1 is 0.275 bits per heavy atom. The van der Waals surface area contributed by atoms with Gasteiger partial charge in [0.2, 0.25) is 0 Å². The molecular formula is C72H140O17P2. The molecule has 19 heteroatoms. The Morgan fingerprint density at radius 3 is 0.681 bits per heavy atom. The first kappa shape index (κ1) is 89.1. The summed E-state index contributed by atoms with van der Waals surface area (Å²) in [6.07, 6.45) is 44.7. The van der Waals surface area contributed by atoms with E-state index < -0.39 is 97.5 Å². The first-order valence-electron chi connectivity index (χ1n) is 37.2. The highest BCUT2D eigenvalue weighted by atomic mass is 31.2. The summed E-state index contributed by atoms with van der Waals surface area (Å²) in [6, 6.07) is 0. The summed E-state index contributed by atoms with van der Waals surface area (Å²) < 4.78 is 68.3. The zero-order valence-corrected chi connectivity index (χ0v) is 61.3. The molecule has 91 heavy (non-hydrogen) atoms. The first-order valence-corrected chi connectivity index (χ1v) is 40.2. The second kappa shape index (κ2) is 61.6. The fraction of sp³-hybridized carbons (Fsp3) is 0.944. The van der Waals surface area contributed by atoms with Crippen molar-refractivity contribution >= 4 is 39.5 Å². The Morgan fingerprint density at radius 2 is 0.462 bits per heavy atom. The van der Waals surface area contributed by atoms with Crippen LogP contribution in [-0.4, -0.2) is 96.7 Å². The quantitative estimate of drug-likeness (QED) is 0.0222. The molecule has 0 rings (SSSR count). The third-order valence-electron chi connectivity index (χ3n) is 16.6. The minimum absolute atomic E-state index is 0.103. The Hall–Kier alpha value is -1.94. The van der Waals surface area contributed by atoms with E-state index in [-0.39, 0.29) is 25.7 Å².